The molecule has 0 saturated heterocycles. The lowest BCUT2D eigenvalue weighted by Gasteiger charge is -2.23. The first-order valence-electron chi connectivity index (χ1n) is 8.97. The largest absolute Gasteiger partial charge is 0.449 e. The number of alkyl carbamates (subject to hydrolysis) is 1. The van der Waals surface area contributed by atoms with E-state index in [-0.39, 0.29) is 17.4 Å². The van der Waals surface area contributed by atoms with Crippen molar-refractivity contribution in [1.82, 2.24) is 5.32 Å². The minimum absolute atomic E-state index is 0.0354. The first kappa shape index (κ1) is 18.1. The topological polar surface area (TPSA) is 38.3 Å². The smallest absolute Gasteiger partial charge is 0.408 e. The van der Waals surface area contributed by atoms with Gasteiger partial charge in [0.2, 0.25) is 0 Å². The van der Waals surface area contributed by atoms with Gasteiger partial charge in [-0.1, -0.05) is 75.2 Å². The molecule has 134 valence electrons. The molecule has 0 bridgehead atoms. The second kappa shape index (κ2) is 7.25. The van der Waals surface area contributed by atoms with Gasteiger partial charge >= 0.3 is 6.09 Å². The molecular formula is C23H25NO2. The monoisotopic (exact) mass is 347 g/mol. The van der Waals surface area contributed by atoms with Crippen LogP contribution in [0.1, 0.15) is 44.2 Å². The molecule has 0 fully saturated rings. The minimum Gasteiger partial charge on any atom is -0.449 e. The summed E-state index contributed by atoms with van der Waals surface area (Å²) >= 11 is 0. The molecule has 3 rings (SSSR count). The van der Waals surface area contributed by atoms with Gasteiger partial charge in [0, 0.05) is 5.92 Å². The molecule has 1 N–H and O–H groups in total. The first-order chi connectivity index (χ1) is 12.4. The summed E-state index contributed by atoms with van der Waals surface area (Å²) in [6, 6.07) is 16.2. The zero-order valence-corrected chi connectivity index (χ0v) is 15.6. The van der Waals surface area contributed by atoms with E-state index < -0.39 is 6.09 Å². The summed E-state index contributed by atoms with van der Waals surface area (Å²) in [5.41, 5.74) is 4.86. The van der Waals surface area contributed by atoms with Crippen molar-refractivity contribution in [2.75, 3.05) is 6.61 Å². The molecule has 26 heavy (non-hydrogen) atoms. The lowest BCUT2D eigenvalue weighted by molar-refractivity contribution is 0.139. The molecule has 0 radical (unpaired) electrons. The first-order valence-corrected chi connectivity index (χ1v) is 8.97. The summed E-state index contributed by atoms with van der Waals surface area (Å²) in [4.78, 5) is 12.3. The average molecular weight is 347 g/mol. The third kappa shape index (κ3) is 3.91. The molecule has 0 aliphatic heterocycles. The zero-order chi connectivity index (χ0) is 18.7. The van der Waals surface area contributed by atoms with Gasteiger partial charge in [0.25, 0.3) is 0 Å². The van der Waals surface area contributed by atoms with E-state index in [4.69, 9.17) is 11.2 Å². The van der Waals surface area contributed by atoms with Crippen LogP contribution < -0.4 is 5.32 Å². The molecule has 2 aromatic carbocycles. The predicted molar refractivity (Wildman–Crippen MR) is 105 cm³/mol. The number of ether oxygens (including phenoxy) is 1. The number of hydrogen-bond donors (Lipinski definition) is 1. The Morgan fingerprint density at radius 3 is 2.15 bits per heavy atom. The highest BCUT2D eigenvalue weighted by Gasteiger charge is 2.29. The number of benzene rings is 2. The van der Waals surface area contributed by atoms with E-state index in [0.29, 0.717) is 13.0 Å². The minimum atomic E-state index is -0.459. The Balaban J connectivity index is 1.68. The number of carbonyl (C=O) groups excluding carboxylic acids is 1. The fourth-order valence-corrected chi connectivity index (χ4v) is 3.55. The van der Waals surface area contributed by atoms with Crippen LogP contribution in [0.15, 0.2) is 48.5 Å². The third-order valence-corrected chi connectivity index (χ3v) is 4.65. The van der Waals surface area contributed by atoms with Crippen molar-refractivity contribution in [3.05, 3.63) is 59.7 Å². The van der Waals surface area contributed by atoms with Crippen molar-refractivity contribution in [3.63, 3.8) is 0 Å². The van der Waals surface area contributed by atoms with Gasteiger partial charge in [-0.3, -0.25) is 0 Å². The van der Waals surface area contributed by atoms with Crippen molar-refractivity contribution >= 4 is 6.09 Å². The van der Waals surface area contributed by atoms with Gasteiger partial charge in [0.15, 0.2) is 0 Å². The summed E-state index contributed by atoms with van der Waals surface area (Å²) in [6.07, 6.45) is 5.80. The molecule has 3 heteroatoms. The van der Waals surface area contributed by atoms with Gasteiger partial charge in [0.05, 0.1) is 6.04 Å². The summed E-state index contributed by atoms with van der Waals surface area (Å²) in [5, 5.41) is 2.80. The molecule has 1 unspecified atom stereocenters. The SMILES string of the molecule is C#CC(CC(C)(C)C)NC(=O)OCC1c2ccccc2-c2ccccc21. The standard InChI is InChI=1S/C23H25NO2/c1-5-16(14-23(2,3)4)24-22(25)26-15-21-19-12-8-6-10-17(19)18-11-7-9-13-20(18)21/h1,6-13,16,21H,14-15H2,2-4H3,(H,24,25). The maximum atomic E-state index is 12.3. The molecule has 3 nitrogen and oxygen atoms in total. The van der Waals surface area contributed by atoms with Crippen LogP contribution in [0.3, 0.4) is 0 Å². The van der Waals surface area contributed by atoms with Gasteiger partial charge in [0.1, 0.15) is 6.61 Å². The molecule has 1 aliphatic rings. The molecular weight excluding hydrogens is 322 g/mol. The van der Waals surface area contributed by atoms with Crippen LogP contribution in [0.4, 0.5) is 4.79 Å². The number of nitrogens with one attached hydrogen (secondary N) is 1. The van der Waals surface area contributed by atoms with Crippen LogP contribution in [0.5, 0.6) is 0 Å². The number of carbonyl (C=O) groups is 1. The summed E-state index contributed by atoms with van der Waals surface area (Å²) < 4.78 is 5.54. The van der Waals surface area contributed by atoms with Crippen molar-refractivity contribution < 1.29 is 9.53 Å². The van der Waals surface area contributed by atoms with E-state index in [1.165, 1.54) is 22.3 Å². The molecule has 0 spiro atoms. The molecule has 1 amide bonds. The molecule has 2 aromatic rings. The normalized spacial score (nSPS) is 14.1. The molecule has 0 heterocycles. The van der Waals surface area contributed by atoms with E-state index in [2.05, 4.69) is 56.3 Å². The highest BCUT2D eigenvalue weighted by molar-refractivity contribution is 5.79. The van der Waals surface area contributed by atoms with Crippen molar-refractivity contribution in [3.8, 4) is 23.5 Å². The Kier molecular flexibility index (Phi) is 5.04. The maximum Gasteiger partial charge on any atom is 0.408 e. The Bertz CT molecular complexity index is 796. The Hall–Kier alpha value is -2.73. The van der Waals surface area contributed by atoms with Crippen LogP contribution in [0, 0.1) is 17.8 Å². The Morgan fingerprint density at radius 2 is 1.65 bits per heavy atom. The quantitative estimate of drug-likeness (QED) is 0.794. The lowest BCUT2D eigenvalue weighted by Crippen LogP contribution is -2.37. The van der Waals surface area contributed by atoms with E-state index in [9.17, 15) is 4.79 Å². The fourth-order valence-electron chi connectivity index (χ4n) is 3.55. The van der Waals surface area contributed by atoms with Gasteiger partial charge < -0.3 is 10.1 Å². The van der Waals surface area contributed by atoms with Crippen molar-refractivity contribution in [1.29, 1.82) is 0 Å². The van der Waals surface area contributed by atoms with Crippen LogP contribution in [-0.2, 0) is 4.74 Å². The third-order valence-electron chi connectivity index (χ3n) is 4.65. The number of rotatable bonds is 4. The maximum absolute atomic E-state index is 12.3. The zero-order valence-electron chi connectivity index (χ0n) is 15.6. The average Bonchev–Trinajstić information content (AvgIpc) is 2.92. The van der Waals surface area contributed by atoms with Crippen molar-refractivity contribution in [2.24, 2.45) is 5.41 Å². The Morgan fingerprint density at radius 1 is 1.12 bits per heavy atom. The van der Waals surface area contributed by atoms with Gasteiger partial charge in [-0.05, 0) is 34.1 Å². The molecule has 1 aliphatic carbocycles. The second-order valence-corrected chi connectivity index (χ2v) is 7.95. The predicted octanol–water partition coefficient (Wildman–Crippen LogP) is 4.96. The van der Waals surface area contributed by atoms with E-state index in [1.807, 2.05) is 24.3 Å². The van der Waals surface area contributed by atoms with Crippen molar-refractivity contribution in [2.45, 2.75) is 39.2 Å². The van der Waals surface area contributed by atoms with Crippen LogP contribution in [0.2, 0.25) is 0 Å². The summed E-state index contributed by atoms with van der Waals surface area (Å²) in [5.74, 6) is 2.69. The number of amides is 1. The lowest BCUT2D eigenvalue weighted by atomic mass is 9.88. The van der Waals surface area contributed by atoms with Gasteiger partial charge in [-0.2, -0.15) is 0 Å². The number of hydrogen-bond acceptors (Lipinski definition) is 2. The van der Waals surface area contributed by atoms with Gasteiger partial charge in [-0.25, -0.2) is 4.79 Å². The molecule has 0 aromatic heterocycles. The van der Waals surface area contributed by atoms with Crippen LogP contribution in [-0.4, -0.2) is 18.7 Å². The fraction of sp³-hybridized carbons (Fsp3) is 0.348. The molecule has 0 saturated carbocycles. The summed E-state index contributed by atoms with van der Waals surface area (Å²) in [6.45, 7) is 6.58. The van der Waals surface area contributed by atoms with E-state index >= 15 is 0 Å². The van der Waals surface area contributed by atoms with Crippen LogP contribution in [0.25, 0.3) is 11.1 Å². The van der Waals surface area contributed by atoms with Crippen LogP contribution >= 0.6 is 0 Å². The highest BCUT2D eigenvalue weighted by Crippen LogP contribution is 2.44. The summed E-state index contributed by atoms with van der Waals surface area (Å²) in [7, 11) is 0. The second-order valence-electron chi connectivity index (χ2n) is 7.95. The van der Waals surface area contributed by atoms with Gasteiger partial charge in [-0.15, -0.1) is 6.42 Å². The highest BCUT2D eigenvalue weighted by atomic mass is 16.5. The van der Waals surface area contributed by atoms with E-state index in [0.717, 1.165) is 0 Å². The molecule has 1 atom stereocenters. The van der Waals surface area contributed by atoms with E-state index in [1.54, 1.807) is 0 Å². The number of terminal acetylenes is 1. The Labute approximate surface area is 155 Å². The number of fused-ring (bicyclic) bond motifs is 3.